The summed E-state index contributed by atoms with van der Waals surface area (Å²) in [4.78, 5) is 12.5. The zero-order valence-corrected chi connectivity index (χ0v) is 13.7. The molecule has 2 nitrogen and oxygen atoms in total. The first-order valence-electron chi connectivity index (χ1n) is 7.53. The number of benzene rings is 3. The molecule has 0 spiro atoms. The number of carbonyl (C=O) groups is 1. The summed E-state index contributed by atoms with van der Waals surface area (Å²) in [5.74, 6) is 0.519. The molecule has 0 aromatic heterocycles. The van der Waals surface area contributed by atoms with Gasteiger partial charge in [0.1, 0.15) is 5.82 Å². The molecule has 0 saturated carbocycles. The summed E-state index contributed by atoms with van der Waals surface area (Å²) in [7, 11) is 0. The fraction of sp³-hybridized carbons (Fsp3) is 0.0500. The summed E-state index contributed by atoms with van der Waals surface area (Å²) in [6, 6.07) is 22.0. The van der Waals surface area contributed by atoms with Gasteiger partial charge in [0.25, 0.3) is 0 Å². The summed E-state index contributed by atoms with van der Waals surface area (Å²) in [5, 5.41) is 3.18. The minimum absolute atomic E-state index is 0.288. The molecule has 0 amide bonds. The minimum atomic E-state index is -0.288. The second kappa shape index (κ2) is 7.79. The van der Waals surface area contributed by atoms with Gasteiger partial charge in [-0.15, -0.1) is 11.8 Å². The van der Waals surface area contributed by atoms with Crippen LogP contribution in [0.2, 0.25) is 0 Å². The van der Waals surface area contributed by atoms with Crippen molar-refractivity contribution in [3.63, 3.8) is 0 Å². The topological polar surface area (TPSA) is 29.1 Å². The predicted octanol–water partition coefficient (Wildman–Crippen LogP) is 5.67. The Labute approximate surface area is 144 Å². The van der Waals surface area contributed by atoms with E-state index in [0.717, 1.165) is 29.0 Å². The lowest BCUT2D eigenvalue weighted by molar-refractivity contribution is 0.112. The van der Waals surface area contributed by atoms with Crippen molar-refractivity contribution in [2.45, 2.75) is 10.6 Å². The molecule has 3 aromatic carbocycles. The highest BCUT2D eigenvalue weighted by Gasteiger charge is 2.05. The first-order valence-corrected chi connectivity index (χ1v) is 8.52. The van der Waals surface area contributed by atoms with E-state index in [9.17, 15) is 9.18 Å². The lowest BCUT2D eigenvalue weighted by Gasteiger charge is -2.11. The van der Waals surface area contributed by atoms with E-state index in [1.165, 1.54) is 17.0 Å². The van der Waals surface area contributed by atoms with Gasteiger partial charge in [-0.2, -0.15) is 0 Å². The van der Waals surface area contributed by atoms with Crippen LogP contribution in [0.5, 0.6) is 0 Å². The van der Waals surface area contributed by atoms with Crippen molar-refractivity contribution < 1.29 is 9.18 Å². The van der Waals surface area contributed by atoms with Crippen LogP contribution >= 0.6 is 11.8 Å². The number of rotatable bonds is 6. The molecule has 0 unspecified atom stereocenters. The number of hydrogen-bond donors (Lipinski definition) is 1. The molecule has 0 saturated heterocycles. The molecule has 0 atom stereocenters. The van der Waals surface area contributed by atoms with Crippen LogP contribution in [0.15, 0.2) is 77.7 Å². The van der Waals surface area contributed by atoms with E-state index in [1.807, 2.05) is 30.3 Å². The third-order valence-corrected chi connectivity index (χ3v) is 4.60. The zero-order valence-electron chi connectivity index (χ0n) is 12.9. The molecule has 0 heterocycles. The standard InChI is InChI=1S/C20H16FNOS/c21-17-8-10-18(11-9-17)22-20-12-15(6-7-16(20)13-23)14-24-19-4-2-1-3-5-19/h1-13,22H,14H2. The molecule has 3 aromatic rings. The average Bonchev–Trinajstić information content (AvgIpc) is 2.63. The lowest BCUT2D eigenvalue weighted by Crippen LogP contribution is -1.97. The van der Waals surface area contributed by atoms with E-state index in [1.54, 1.807) is 30.0 Å². The van der Waals surface area contributed by atoms with Crippen LogP contribution in [0.25, 0.3) is 0 Å². The van der Waals surface area contributed by atoms with Crippen LogP contribution in [0.1, 0.15) is 15.9 Å². The Morgan fingerprint density at radius 1 is 0.958 bits per heavy atom. The van der Waals surface area contributed by atoms with Crippen molar-refractivity contribution >= 4 is 29.4 Å². The maximum atomic E-state index is 13.0. The second-order valence-electron chi connectivity index (χ2n) is 5.27. The second-order valence-corrected chi connectivity index (χ2v) is 6.32. The maximum absolute atomic E-state index is 13.0. The highest BCUT2D eigenvalue weighted by Crippen LogP contribution is 2.26. The summed E-state index contributed by atoms with van der Waals surface area (Å²) >= 11 is 1.74. The van der Waals surface area contributed by atoms with Gasteiger partial charge >= 0.3 is 0 Å². The molecule has 0 bridgehead atoms. The lowest BCUT2D eigenvalue weighted by atomic mass is 10.1. The Bertz CT molecular complexity index is 819. The molecular formula is C20H16FNOS. The number of thioether (sulfide) groups is 1. The Morgan fingerprint density at radius 2 is 1.71 bits per heavy atom. The van der Waals surface area contributed by atoms with Crippen LogP contribution in [-0.4, -0.2) is 6.29 Å². The molecule has 24 heavy (non-hydrogen) atoms. The van der Waals surface area contributed by atoms with E-state index < -0.39 is 0 Å². The Hall–Kier alpha value is -2.59. The Morgan fingerprint density at radius 3 is 2.42 bits per heavy atom. The average molecular weight is 337 g/mol. The number of carbonyl (C=O) groups excluding carboxylic acids is 1. The third kappa shape index (κ3) is 4.24. The third-order valence-electron chi connectivity index (χ3n) is 3.52. The molecule has 0 aliphatic heterocycles. The molecule has 3 rings (SSSR count). The SMILES string of the molecule is O=Cc1ccc(CSc2ccccc2)cc1Nc1ccc(F)cc1. The van der Waals surface area contributed by atoms with Gasteiger partial charge in [-0.3, -0.25) is 4.79 Å². The number of anilines is 2. The first-order chi connectivity index (χ1) is 11.7. The van der Waals surface area contributed by atoms with Gasteiger partial charge in [0.2, 0.25) is 0 Å². The number of nitrogens with one attached hydrogen (secondary N) is 1. The highest BCUT2D eigenvalue weighted by molar-refractivity contribution is 7.98. The van der Waals surface area contributed by atoms with Gasteiger partial charge in [-0.25, -0.2) is 4.39 Å². The molecule has 4 heteroatoms. The van der Waals surface area contributed by atoms with E-state index in [2.05, 4.69) is 17.4 Å². The van der Waals surface area contributed by atoms with E-state index in [-0.39, 0.29) is 5.82 Å². The zero-order chi connectivity index (χ0) is 16.8. The van der Waals surface area contributed by atoms with Gasteiger partial charge in [0.05, 0.1) is 0 Å². The molecule has 0 fully saturated rings. The summed E-state index contributed by atoms with van der Waals surface area (Å²) in [5.41, 5.74) is 3.15. The van der Waals surface area contributed by atoms with Crippen molar-refractivity contribution in [1.29, 1.82) is 0 Å². The highest BCUT2D eigenvalue weighted by atomic mass is 32.2. The van der Waals surface area contributed by atoms with E-state index in [4.69, 9.17) is 0 Å². The normalized spacial score (nSPS) is 10.4. The van der Waals surface area contributed by atoms with Gasteiger partial charge < -0.3 is 5.32 Å². The Kier molecular flexibility index (Phi) is 5.29. The van der Waals surface area contributed by atoms with Gasteiger partial charge in [-0.1, -0.05) is 24.3 Å². The molecule has 0 aliphatic carbocycles. The van der Waals surface area contributed by atoms with Crippen LogP contribution < -0.4 is 5.32 Å². The molecule has 120 valence electrons. The first kappa shape index (κ1) is 16.3. The maximum Gasteiger partial charge on any atom is 0.152 e. The molecular weight excluding hydrogens is 321 g/mol. The van der Waals surface area contributed by atoms with Crippen molar-refractivity contribution in [2.75, 3.05) is 5.32 Å². The van der Waals surface area contributed by atoms with Crippen LogP contribution in [-0.2, 0) is 5.75 Å². The monoisotopic (exact) mass is 337 g/mol. The van der Waals surface area contributed by atoms with Gasteiger partial charge in [0.15, 0.2) is 6.29 Å². The quantitative estimate of drug-likeness (QED) is 0.464. The number of halogens is 1. The van der Waals surface area contributed by atoms with E-state index in [0.29, 0.717) is 5.56 Å². The van der Waals surface area contributed by atoms with Crippen molar-refractivity contribution in [1.82, 2.24) is 0 Å². The molecule has 0 aliphatic rings. The fourth-order valence-electron chi connectivity index (χ4n) is 2.28. The van der Waals surface area contributed by atoms with Crippen LogP contribution in [0, 0.1) is 5.82 Å². The summed E-state index contributed by atoms with van der Waals surface area (Å²) < 4.78 is 13.0. The predicted molar refractivity (Wildman–Crippen MR) is 97.5 cm³/mol. The van der Waals surface area contributed by atoms with Crippen molar-refractivity contribution in [3.05, 3.63) is 89.7 Å². The summed E-state index contributed by atoms with van der Waals surface area (Å²) in [6.07, 6.45) is 0.819. The largest absolute Gasteiger partial charge is 0.355 e. The smallest absolute Gasteiger partial charge is 0.152 e. The minimum Gasteiger partial charge on any atom is -0.355 e. The summed E-state index contributed by atoms with van der Waals surface area (Å²) in [6.45, 7) is 0. The number of aldehydes is 1. The Balaban J connectivity index is 1.77. The van der Waals surface area contributed by atoms with Crippen molar-refractivity contribution in [2.24, 2.45) is 0 Å². The van der Waals surface area contributed by atoms with E-state index >= 15 is 0 Å². The van der Waals surface area contributed by atoms with Gasteiger partial charge in [0, 0.05) is 27.6 Å². The van der Waals surface area contributed by atoms with Gasteiger partial charge in [-0.05, 0) is 54.1 Å². The molecule has 1 N–H and O–H groups in total. The number of hydrogen-bond acceptors (Lipinski definition) is 3. The van der Waals surface area contributed by atoms with Crippen LogP contribution in [0.4, 0.5) is 15.8 Å². The fourth-order valence-corrected chi connectivity index (χ4v) is 3.14. The molecule has 0 radical (unpaired) electrons. The van der Waals surface area contributed by atoms with Crippen LogP contribution in [0.3, 0.4) is 0 Å². The van der Waals surface area contributed by atoms with Crippen molar-refractivity contribution in [3.8, 4) is 0 Å².